The molecule has 8 heteroatoms. The molecule has 2 aliphatic heterocycles. The zero-order valence-electron chi connectivity index (χ0n) is 17.2. The molecule has 156 valence electrons. The second-order valence-corrected chi connectivity index (χ2v) is 9.06. The standard InChI is InChI=1S/C21H31N7O/c1-26-18-3-2-4-19(26)12-16(11-18)24-15-5-7-17(8-6-15)28-21(29)10-9-20(25-28)27-14-22-13-23-27/h9-10,13-19,24H,2-8,11-12H2,1H3. The molecule has 8 nitrogen and oxygen atoms in total. The Morgan fingerprint density at radius 2 is 1.72 bits per heavy atom. The zero-order chi connectivity index (χ0) is 19.8. The third kappa shape index (κ3) is 3.88. The van der Waals surface area contributed by atoms with Gasteiger partial charge in [0.2, 0.25) is 0 Å². The predicted octanol–water partition coefficient (Wildman–Crippen LogP) is 1.91. The minimum Gasteiger partial charge on any atom is -0.311 e. The van der Waals surface area contributed by atoms with Crippen molar-refractivity contribution in [1.29, 1.82) is 0 Å². The average Bonchev–Trinajstić information content (AvgIpc) is 3.25. The highest BCUT2D eigenvalue weighted by Crippen LogP contribution is 2.34. The molecule has 2 unspecified atom stereocenters. The van der Waals surface area contributed by atoms with Crippen LogP contribution in [-0.2, 0) is 0 Å². The van der Waals surface area contributed by atoms with Gasteiger partial charge in [-0.15, -0.1) is 5.10 Å². The first-order chi connectivity index (χ1) is 14.2. The van der Waals surface area contributed by atoms with Gasteiger partial charge >= 0.3 is 0 Å². The van der Waals surface area contributed by atoms with Crippen molar-refractivity contribution in [2.75, 3.05) is 7.05 Å². The maximum absolute atomic E-state index is 12.4. The Bertz CT molecular complexity index is 857. The molecule has 2 aromatic heterocycles. The average molecular weight is 398 g/mol. The van der Waals surface area contributed by atoms with E-state index in [-0.39, 0.29) is 11.6 Å². The molecule has 1 saturated carbocycles. The van der Waals surface area contributed by atoms with Crippen LogP contribution < -0.4 is 10.9 Å². The topological polar surface area (TPSA) is 80.9 Å². The Morgan fingerprint density at radius 3 is 2.41 bits per heavy atom. The Morgan fingerprint density at radius 1 is 0.966 bits per heavy atom. The van der Waals surface area contributed by atoms with Crippen molar-refractivity contribution in [1.82, 2.24) is 34.8 Å². The third-order valence-electron chi connectivity index (χ3n) is 7.32. The second-order valence-electron chi connectivity index (χ2n) is 9.06. The lowest BCUT2D eigenvalue weighted by Crippen LogP contribution is -2.56. The van der Waals surface area contributed by atoms with Crippen molar-refractivity contribution in [3.05, 3.63) is 35.1 Å². The van der Waals surface area contributed by atoms with E-state index in [2.05, 4.69) is 32.4 Å². The van der Waals surface area contributed by atoms with Crippen molar-refractivity contribution < 1.29 is 0 Å². The van der Waals surface area contributed by atoms with Gasteiger partial charge in [-0.05, 0) is 64.5 Å². The van der Waals surface area contributed by atoms with Gasteiger partial charge in [-0.25, -0.2) is 14.3 Å². The molecule has 1 N–H and O–H groups in total. The molecule has 2 aromatic rings. The van der Waals surface area contributed by atoms with E-state index in [1.807, 2.05) is 0 Å². The Balaban J connectivity index is 1.20. The van der Waals surface area contributed by atoms with Crippen LogP contribution >= 0.6 is 0 Å². The summed E-state index contributed by atoms with van der Waals surface area (Å²) >= 11 is 0. The van der Waals surface area contributed by atoms with Crippen molar-refractivity contribution in [3.8, 4) is 5.82 Å². The highest BCUT2D eigenvalue weighted by Gasteiger charge is 2.37. The van der Waals surface area contributed by atoms with Gasteiger partial charge in [0.25, 0.3) is 5.56 Å². The number of piperidine rings is 2. The molecule has 0 amide bonds. The van der Waals surface area contributed by atoms with Crippen LogP contribution in [0.15, 0.2) is 29.6 Å². The third-order valence-corrected chi connectivity index (χ3v) is 7.32. The number of aromatic nitrogens is 5. The molecular formula is C21H31N7O. The quantitative estimate of drug-likeness (QED) is 0.849. The summed E-state index contributed by atoms with van der Waals surface area (Å²) in [5, 5.41) is 12.7. The van der Waals surface area contributed by atoms with E-state index < -0.39 is 0 Å². The van der Waals surface area contributed by atoms with Crippen molar-refractivity contribution in [3.63, 3.8) is 0 Å². The van der Waals surface area contributed by atoms with Gasteiger partial charge in [-0.1, -0.05) is 6.42 Å². The summed E-state index contributed by atoms with van der Waals surface area (Å²) in [4.78, 5) is 19.0. The minimum atomic E-state index is -0.0339. The fraction of sp³-hybridized carbons (Fsp3) is 0.714. The zero-order valence-corrected chi connectivity index (χ0v) is 17.2. The minimum absolute atomic E-state index is 0.0339. The molecule has 3 fully saturated rings. The SMILES string of the molecule is CN1C2CCCC1CC(NC1CCC(n3nc(-n4cncn4)ccc3=O)CC1)C2. The first kappa shape index (κ1) is 18.9. The van der Waals surface area contributed by atoms with Crippen molar-refractivity contribution in [2.24, 2.45) is 0 Å². The van der Waals surface area contributed by atoms with E-state index in [0.29, 0.717) is 17.9 Å². The summed E-state index contributed by atoms with van der Waals surface area (Å²) in [5.74, 6) is 0.639. The summed E-state index contributed by atoms with van der Waals surface area (Å²) in [6, 6.07) is 6.20. The molecule has 0 radical (unpaired) electrons. The molecule has 0 aromatic carbocycles. The number of hydrogen-bond acceptors (Lipinski definition) is 6. The first-order valence-electron chi connectivity index (χ1n) is 11.1. The van der Waals surface area contributed by atoms with Crippen LogP contribution in [0.25, 0.3) is 5.82 Å². The molecule has 0 spiro atoms. The van der Waals surface area contributed by atoms with Gasteiger partial charge in [0.05, 0.1) is 6.04 Å². The number of rotatable bonds is 4. The summed E-state index contributed by atoms with van der Waals surface area (Å²) in [6.45, 7) is 0. The Kier molecular flexibility index (Phi) is 5.22. The van der Waals surface area contributed by atoms with Crippen LogP contribution in [0.2, 0.25) is 0 Å². The fourth-order valence-electron chi connectivity index (χ4n) is 5.70. The number of nitrogens with one attached hydrogen (secondary N) is 1. The van der Waals surface area contributed by atoms with Gasteiger partial charge in [-0.2, -0.15) is 5.10 Å². The van der Waals surface area contributed by atoms with Crippen LogP contribution in [0.5, 0.6) is 0 Å². The summed E-state index contributed by atoms with van der Waals surface area (Å²) in [6.07, 6.45) is 14.0. The Hall–Kier alpha value is -2.06. The summed E-state index contributed by atoms with van der Waals surface area (Å²) in [5.41, 5.74) is -0.0339. The number of nitrogens with zero attached hydrogens (tertiary/aromatic N) is 6. The molecule has 2 atom stereocenters. The van der Waals surface area contributed by atoms with Crippen LogP contribution in [0.3, 0.4) is 0 Å². The largest absolute Gasteiger partial charge is 0.311 e. The van der Waals surface area contributed by atoms with Gasteiger partial charge in [0.1, 0.15) is 12.7 Å². The molecule has 2 saturated heterocycles. The highest BCUT2D eigenvalue weighted by molar-refractivity contribution is 5.16. The van der Waals surface area contributed by atoms with Gasteiger partial charge in [-0.3, -0.25) is 4.79 Å². The molecule has 2 bridgehead atoms. The normalized spacial score (nSPS) is 32.9. The first-order valence-corrected chi connectivity index (χ1v) is 11.1. The molecule has 3 aliphatic rings. The van der Waals surface area contributed by atoms with E-state index in [0.717, 1.165) is 37.8 Å². The van der Waals surface area contributed by atoms with E-state index in [4.69, 9.17) is 0 Å². The second kappa shape index (κ2) is 7.99. The molecular weight excluding hydrogens is 366 g/mol. The van der Waals surface area contributed by atoms with Gasteiger partial charge < -0.3 is 10.2 Å². The summed E-state index contributed by atoms with van der Waals surface area (Å²) < 4.78 is 3.26. The highest BCUT2D eigenvalue weighted by atomic mass is 16.1. The van der Waals surface area contributed by atoms with Crippen LogP contribution in [0.1, 0.15) is 63.8 Å². The lowest BCUT2D eigenvalue weighted by Gasteiger charge is -2.48. The maximum atomic E-state index is 12.4. The van der Waals surface area contributed by atoms with Crippen LogP contribution in [0.4, 0.5) is 0 Å². The maximum Gasteiger partial charge on any atom is 0.267 e. The fourth-order valence-corrected chi connectivity index (χ4v) is 5.70. The van der Waals surface area contributed by atoms with Crippen LogP contribution in [-0.4, -0.2) is 60.7 Å². The number of fused-ring (bicyclic) bond motifs is 2. The van der Waals surface area contributed by atoms with Gasteiger partial charge in [0, 0.05) is 30.2 Å². The molecule has 29 heavy (non-hydrogen) atoms. The predicted molar refractivity (Wildman–Crippen MR) is 110 cm³/mol. The molecule has 1 aliphatic carbocycles. The smallest absolute Gasteiger partial charge is 0.267 e. The van der Waals surface area contributed by atoms with E-state index in [1.165, 1.54) is 38.4 Å². The monoisotopic (exact) mass is 397 g/mol. The molecule has 4 heterocycles. The lowest BCUT2D eigenvalue weighted by atomic mass is 9.81. The van der Waals surface area contributed by atoms with E-state index >= 15 is 0 Å². The number of hydrogen-bond donors (Lipinski definition) is 1. The summed E-state index contributed by atoms with van der Waals surface area (Å²) in [7, 11) is 2.31. The van der Waals surface area contributed by atoms with Gasteiger partial charge in [0.15, 0.2) is 5.82 Å². The Labute approximate surface area is 171 Å². The lowest BCUT2D eigenvalue weighted by molar-refractivity contribution is 0.0437. The van der Waals surface area contributed by atoms with E-state index in [9.17, 15) is 4.79 Å². The van der Waals surface area contributed by atoms with Crippen molar-refractivity contribution in [2.45, 2.75) is 88.0 Å². The van der Waals surface area contributed by atoms with Crippen molar-refractivity contribution >= 4 is 0 Å². The van der Waals surface area contributed by atoms with Crippen LogP contribution in [0, 0.1) is 0 Å². The van der Waals surface area contributed by atoms with E-state index in [1.54, 1.807) is 27.8 Å². The molecule has 5 rings (SSSR count).